The summed E-state index contributed by atoms with van der Waals surface area (Å²) in [5, 5.41) is 0. The zero-order chi connectivity index (χ0) is 46.0. The first-order chi connectivity index (χ1) is 31.8. The molecule has 64 heavy (non-hydrogen) atoms. The van der Waals surface area contributed by atoms with Crippen molar-refractivity contribution < 1.29 is 9.53 Å². The first kappa shape index (κ1) is 63.5. The lowest BCUT2D eigenvalue weighted by Crippen LogP contribution is -2.05. The maximum atomic E-state index is 12.1. The van der Waals surface area contributed by atoms with Crippen LogP contribution < -0.4 is 0 Å². The molecule has 0 spiro atoms. The van der Waals surface area contributed by atoms with Gasteiger partial charge in [-0.05, 0) is 12.8 Å². The summed E-state index contributed by atoms with van der Waals surface area (Å²) in [7, 11) is 0. The monoisotopic (exact) mass is 901 g/mol. The van der Waals surface area contributed by atoms with Crippen LogP contribution >= 0.6 is 0 Å². The molecule has 0 saturated carbocycles. The molecule has 384 valence electrons. The van der Waals surface area contributed by atoms with Crippen LogP contribution in [0.15, 0.2) is 0 Å². The third-order valence-electron chi connectivity index (χ3n) is 14.7. The third-order valence-corrected chi connectivity index (χ3v) is 14.7. The fraction of sp³-hybridized carbons (Fsp3) is 0.984. The maximum absolute atomic E-state index is 12.1. The molecule has 0 rings (SSSR count). The van der Waals surface area contributed by atoms with Gasteiger partial charge in [0.15, 0.2) is 0 Å². The fourth-order valence-corrected chi connectivity index (χ4v) is 10.1. The summed E-state index contributed by atoms with van der Waals surface area (Å²) in [4.78, 5) is 12.1. The van der Waals surface area contributed by atoms with Crippen molar-refractivity contribution >= 4 is 5.97 Å². The van der Waals surface area contributed by atoms with Crippen LogP contribution in [-0.4, -0.2) is 12.6 Å². The van der Waals surface area contributed by atoms with Crippen molar-refractivity contribution in [2.45, 2.75) is 386 Å². The molecule has 0 aliphatic heterocycles. The highest BCUT2D eigenvalue weighted by atomic mass is 16.5. The second kappa shape index (κ2) is 60.5. The molecule has 0 aromatic rings. The maximum Gasteiger partial charge on any atom is 0.305 e. The Kier molecular flexibility index (Phi) is 60.0. The summed E-state index contributed by atoms with van der Waals surface area (Å²) in [5.74, 6) is 0.0369. The van der Waals surface area contributed by atoms with Gasteiger partial charge in [-0.15, -0.1) is 0 Å². The van der Waals surface area contributed by atoms with Crippen LogP contribution in [0.2, 0.25) is 0 Å². The summed E-state index contributed by atoms with van der Waals surface area (Å²) in [5.41, 5.74) is 0. The van der Waals surface area contributed by atoms with Gasteiger partial charge < -0.3 is 4.74 Å². The van der Waals surface area contributed by atoms with Gasteiger partial charge in [0.1, 0.15) is 0 Å². The molecule has 0 amide bonds. The molecule has 0 atom stereocenters. The number of carbonyl (C=O) groups is 1. The van der Waals surface area contributed by atoms with Crippen LogP contribution in [0.25, 0.3) is 0 Å². The van der Waals surface area contributed by atoms with Crippen molar-refractivity contribution in [3.63, 3.8) is 0 Å². The molecule has 0 aromatic heterocycles. The smallest absolute Gasteiger partial charge is 0.305 e. The van der Waals surface area contributed by atoms with Crippen LogP contribution in [0, 0.1) is 0 Å². The van der Waals surface area contributed by atoms with E-state index >= 15 is 0 Å². The standard InChI is InChI=1S/C62H124O2/c1-3-5-7-9-11-13-15-17-19-21-23-25-27-29-30-31-32-33-34-35-36-37-38-40-42-44-46-48-50-52-54-56-58-60-62(63)64-61-59-57-55-53-51-49-47-45-43-41-39-28-26-24-22-20-18-16-14-12-10-8-6-4-2/h3-61H2,1-2H3. The highest BCUT2D eigenvalue weighted by Crippen LogP contribution is 2.19. The summed E-state index contributed by atoms with van der Waals surface area (Å²) in [6.07, 6.45) is 81.7. The van der Waals surface area contributed by atoms with E-state index in [-0.39, 0.29) is 5.97 Å². The summed E-state index contributed by atoms with van der Waals surface area (Å²) in [6, 6.07) is 0. The fourth-order valence-electron chi connectivity index (χ4n) is 10.1. The van der Waals surface area contributed by atoms with Crippen molar-refractivity contribution in [3.8, 4) is 0 Å². The molecule has 0 aliphatic carbocycles. The Morgan fingerprint density at radius 3 is 0.516 bits per heavy atom. The molecule has 0 saturated heterocycles. The highest BCUT2D eigenvalue weighted by Gasteiger charge is 2.04. The van der Waals surface area contributed by atoms with Gasteiger partial charge >= 0.3 is 5.97 Å². The van der Waals surface area contributed by atoms with Crippen LogP contribution in [0.4, 0.5) is 0 Å². The second-order valence-electron chi connectivity index (χ2n) is 21.4. The lowest BCUT2D eigenvalue weighted by Gasteiger charge is -2.06. The zero-order valence-electron chi connectivity index (χ0n) is 45.0. The zero-order valence-corrected chi connectivity index (χ0v) is 45.0. The van der Waals surface area contributed by atoms with E-state index in [9.17, 15) is 4.79 Å². The topological polar surface area (TPSA) is 26.3 Å². The molecule has 0 fully saturated rings. The number of carbonyl (C=O) groups excluding carboxylic acids is 1. The van der Waals surface area contributed by atoms with Gasteiger partial charge in [-0.25, -0.2) is 0 Å². The minimum atomic E-state index is 0.0369. The molecule has 0 aromatic carbocycles. The summed E-state index contributed by atoms with van der Waals surface area (Å²) in [6.45, 7) is 5.25. The summed E-state index contributed by atoms with van der Waals surface area (Å²) >= 11 is 0. The van der Waals surface area contributed by atoms with Crippen LogP contribution in [0.3, 0.4) is 0 Å². The average Bonchev–Trinajstić information content (AvgIpc) is 3.30. The Bertz CT molecular complexity index is 807. The molecule has 0 bridgehead atoms. The quantitative estimate of drug-likeness (QED) is 0.0449. The van der Waals surface area contributed by atoms with Gasteiger partial charge in [-0.1, -0.05) is 367 Å². The number of unbranched alkanes of at least 4 members (excludes halogenated alkanes) is 55. The Labute approximate surface area is 406 Å². The van der Waals surface area contributed by atoms with Gasteiger partial charge in [0.25, 0.3) is 0 Å². The number of hydrogen-bond acceptors (Lipinski definition) is 2. The molecule has 0 aliphatic rings. The van der Waals surface area contributed by atoms with E-state index < -0.39 is 0 Å². The van der Waals surface area contributed by atoms with Gasteiger partial charge in [0, 0.05) is 6.42 Å². The SMILES string of the molecule is CCCCCCCCCCCCCCCCCCCCCCCCCCCCCCCCCCCC(=O)OCCCCCCCCCCCCCCCCCCCCCCCCCC. The van der Waals surface area contributed by atoms with E-state index in [1.807, 2.05) is 0 Å². The van der Waals surface area contributed by atoms with Crippen LogP contribution in [0.5, 0.6) is 0 Å². The van der Waals surface area contributed by atoms with E-state index in [4.69, 9.17) is 4.74 Å². The van der Waals surface area contributed by atoms with Crippen molar-refractivity contribution in [1.29, 1.82) is 0 Å². The molecular formula is C62H124O2. The number of ether oxygens (including phenoxy) is 1. The van der Waals surface area contributed by atoms with E-state index in [0.29, 0.717) is 13.0 Å². The minimum Gasteiger partial charge on any atom is -0.466 e. The van der Waals surface area contributed by atoms with Gasteiger partial charge in [-0.2, -0.15) is 0 Å². The van der Waals surface area contributed by atoms with Gasteiger partial charge in [-0.3, -0.25) is 4.79 Å². The molecule has 0 radical (unpaired) electrons. The van der Waals surface area contributed by atoms with Crippen molar-refractivity contribution in [2.75, 3.05) is 6.61 Å². The lowest BCUT2D eigenvalue weighted by molar-refractivity contribution is -0.143. The first-order valence-electron chi connectivity index (χ1n) is 31.0. The van der Waals surface area contributed by atoms with Crippen LogP contribution in [0.1, 0.15) is 386 Å². The lowest BCUT2D eigenvalue weighted by atomic mass is 10.0. The van der Waals surface area contributed by atoms with E-state index in [2.05, 4.69) is 13.8 Å². The number of rotatable bonds is 59. The summed E-state index contributed by atoms with van der Waals surface area (Å²) < 4.78 is 5.52. The van der Waals surface area contributed by atoms with Crippen LogP contribution in [-0.2, 0) is 9.53 Å². The third kappa shape index (κ3) is 59.5. The van der Waals surface area contributed by atoms with E-state index in [0.717, 1.165) is 12.8 Å². The molecule has 0 unspecified atom stereocenters. The predicted molar refractivity (Wildman–Crippen MR) is 290 cm³/mol. The highest BCUT2D eigenvalue weighted by molar-refractivity contribution is 5.69. The van der Waals surface area contributed by atoms with Crippen molar-refractivity contribution in [3.05, 3.63) is 0 Å². The molecule has 2 nitrogen and oxygen atoms in total. The van der Waals surface area contributed by atoms with E-state index in [1.54, 1.807) is 0 Å². The average molecular weight is 902 g/mol. The van der Waals surface area contributed by atoms with E-state index in [1.165, 1.54) is 353 Å². The minimum absolute atomic E-state index is 0.0369. The largest absolute Gasteiger partial charge is 0.466 e. The van der Waals surface area contributed by atoms with Crippen molar-refractivity contribution in [2.24, 2.45) is 0 Å². The second-order valence-corrected chi connectivity index (χ2v) is 21.4. The van der Waals surface area contributed by atoms with Gasteiger partial charge in [0.05, 0.1) is 6.61 Å². The molecule has 2 heteroatoms. The molecule has 0 N–H and O–H groups in total. The van der Waals surface area contributed by atoms with Gasteiger partial charge in [0.2, 0.25) is 0 Å². The Hall–Kier alpha value is -0.530. The molecular weight excluding hydrogens is 777 g/mol. The molecule has 0 heterocycles. The number of esters is 1. The predicted octanol–water partition coefficient (Wildman–Crippen LogP) is 23.2. The Morgan fingerprint density at radius 1 is 0.203 bits per heavy atom. The number of hydrogen-bond donors (Lipinski definition) is 0. The Balaban J connectivity index is 3.14. The normalized spacial score (nSPS) is 11.6. The first-order valence-corrected chi connectivity index (χ1v) is 31.0. The van der Waals surface area contributed by atoms with Crippen molar-refractivity contribution in [1.82, 2.24) is 0 Å². The Morgan fingerprint density at radius 2 is 0.344 bits per heavy atom.